The van der Waals surface area contributed by atoms with Crippen molar-refractivity contribution >= 4 is 0 Å². The van der Waals surface area contributed by atoms with Gasteiger partial charge in [0.15, 0.2) is 6.61 Å². The van der Waals surface area contributed by atoms with E-state index in [4.69, 9.17) is 4.74 Å². The molecule has 6 heteroatoms. The molecule has 1 aromatic carbocycles. The highest BCUT2D eigenvalue weighted by Crippen LogP contribution is 2.12. The second-order valence-electron chi connectivity index (χ2n) is 2.75. The summed E-state index contributed by atoms with van der Waals surface area (Å²) in [5, 5.41) is 5.62. The third kappa shape index (κ3) is 2.43. The summed E-state index contributed by atoms with van der Waals surface area (Å²) in [7, 11) is 0. The van der Waals surface area contributed by atoms with E-state index in [0.29, 0.717) is 5.75 Å². The number of nitrogens with zero attached hydrogens (tertiary/aromatic N) is 1. The topological polar surface area (TPSA) is 68.1 Å². The number of ether oxygens (including phenoxy) is 1. The molecular formula is C9H7FN2O3. The van der Waals surface area contributed by atoms with Gasteiger partial charge in [0, 0.05) is 6.07 Å². The van der Waals surface area contributed by atoms with Crippen LogP contribution in [-0.4, -0.2) is 10.2 Å². The Hall–Kier alpha value is -2.11. The first kappa shape index (κ1) is 9.45. The molecule has 2 aromatic rings. The van der Waals surface area contributed by atoms with Crippen molar-refractivity contribution in [3.05, 3.63) is 46.5 Å². The number of hydrogen-bond acceptors (Lipinski definition) is 4. The minimum Gasteiger partial charge on any atom is -0.484 e. The van der Waals surface area contributed by atoms with Crippen molar-refractivity contribution in [2.45, 2.75) is 6.61 Å². The van der Waals surface area contributed by atoms with Crippen LogP contribution in [0, 0.1) is 5.82 Å². The van der Waals surface area contributed by atoms with Crippen LogP contribution in [0.15, 0.2) is 33.5 Å². The summed E-state index contributed by atoms with van der Waals surface area (Å²) in [6, 6.07) is 5.64. The highest BCUT2D eigenvalue weighted by molar-refractivity contribution is 5.22. The number of nitrogens with one attached hydrogen (secondary N) is 1. The SMILES string of the molecule is O=c1[nH]nc(COc2cccc(F)c2)o1. The maximum Gasteiger partial charge on any atom is 0.434 e. The first-order chi connectivity index (χ1) is 7.24. The van der Waals surface area contributed by atoms with E-state index in [2.05, 4.69) is 14.6 Å². The fraction of sp³-hybridized carbons (Fsp3) is 0.111. The fourth-order valence-corrected chi connectivity index (χ4v) is 1.02. The van der Waals surface area contributed by atoms with Crippen LogP contribution in [0.1, 0.15) is 5.89 Å². The largest absolute Gasteiger partial charge is 0.484 e. The maximum absolute atomic E-state index is 12.7. The Morgan fingerprint density at radius 3 is 3.07 bits per heavy atom. The van der Waals surface area contributed by atoms with Gasteiger partial charge in [0.1, 0.15) is 11.6 Å². The summed E-state index contributed by atoms with van der Waals surface area (Å²) in [6.07, 6.45) is 0. The quantitative estimate of drug-likeness (QED) is 0.823. The van der Waals surface area contributed by atoms with E-state index >= 15 is 0 Å². The third-order valence-corrected chi connectivity index (χ3v) is 1.64. The molecule has 5 nitrogen and oxygen atoms in total. The second-order valence-corrected chi connectivity index (χ2v) is 2.75. The monoisotopic (exact) mass is 210 g/mol. The average Bonchev–Trinajstić information content (AvgIpc) is 2.62. The van der Waals surface area contributed by atoms with Crippen molar-refractivity contribution in [1.82, 2.24) is 10.2 Å². The Labute approximate surface area is 83.5 Å². The lowest BCUT2D eigenvalue weighted by Gasteiger charge is -2.01. The van der Waals surface area contributed by atoms with Gasteiger partial charge in [0.05, 0.1) is 0 Å². The molecule has 0 unspecified atom stereocenters. The van der Waals surface area contributed by atoms with Gasteiger partial charge in [0.25, 0.3) is 5.89 Å². The minimum atomic E-state index is -0.646. The van der Waals surface area contributed by atoms with Crippen LogP contribution >= 0.6 is 0 Å². The predicted molar refractivity (Wildman–Crippen MR) is 47.9 cm³/mol. The summed E-state index contributed by atoms with van der Waals surface area (Å²) < 4.78 is 22.4. The summed E-state index contributed by atoms with van der Waals surface area (Å²) in [5.41, 5.74) is 0. The second kappa shape index (κ2) is 3.95. The van der Waals surface area contributed by atoms with E-state index in [0.717, 1.165) is 0 Å². The van der Waals surface area contributed by atoms with Gasteiger partial charge in [-0.25, -0.2) is 14.3 Å². The number of halogens is 1. The summed E-state index contributed by atoms with van der Waals surface area (Å²) in [5.74, 6) is -0.575. The fourth-order valence-electron chi connectivity index (χ4n) is 1.02. The number of rotatable bonds is 3. The van der Waals surface area contributed by atoms with Crippen molar-refractivity contribution in [3.8, 4) is 5.75 Å². The maximum atomic E-state index is 12.7. The van der Waals surface area contributed by atoms with Crippen LogP contribution in [-0.2, 0) is 6.61 Å². The lowest BCUT2D eigenvalue weighted by Crippen LogP contribution is -1.96. The lowest BCUT2D eigenvalue weighted by atomic mass is 10.3. The summed E-state index contributed by atoms with van der Waals surface area (Å²) in [4.78, 5) is 10.6. The molecule has 0 aliphatic rings. The van der Waals surface area contributed by atoms with Crippen LogP contribution in [0.3, 0.4) is 0 Å². The molecule has 1 heterocycles. The first-order valence-corrected chi connectivity index (χ1v) is 4.17. The molecular weight excluding hydrogens is 203 g/mol. The van der Waals surface area contributed by atoms with Gasteiger partial charge in [-0.05, 0) is 12.1 Å². The van der Waals surface area contributed by atoms with Gasteiger partial charge in [-0.1, -0.05) is 6.07 Å². The number of aromatic amines is 1. The van der Waals surface area contributed by atoms with Crippen molar-refractivity contribution in [3.63, 3.8) is 0 Å². The van der Waals surface area contributed by atoms with Crippen LogP contribution in [0.2, 0.25) is 0 Å². The predicted octanol–water partition coefficient (Wildman–Crippen LogP) is 1.08. The molecule has 0 aliphatic carbocycles. The molecule has 0 aliphatic heterocycles. The van der Waals surface area contributed by atoms with Gasteiger partial charge in [-0.2, -0.15) is 0 Å². The zero-order chi connectivity index (χ0) is 10.7. The molecule has 0 amide bonds. The average molecular weight is 210 g/mol. The summed E-state index contributed by atoms with van der Waals surface area (Å²) in [6.45, 7) is -0.0256. The van der Waals surface area contributed by atoms with Gasteiger partial charge < -0.3 is 9.15 Å². The number of hydrogen-bond donors (Lipinski definition) is 1. The molecule has 0 radical (unpaired) electrons. The molecule has 0 saturated carbocycles. The lowest BCUT2D eigenvalue weighted by molar-refractivity contribution is 0.258. The van der Waals surface area contributed by atoms with Crippen LogP contribution in [0.5, 0.6) is 5.75 Å². The molecule has 1 N–H and O–H groups in total. The van der Waals surface area contributed by atoms with Crippen molar-refractivity contribution in [1.29, 1.82) is 0 Å². The highest BCUT2D eigenvalue weighted by Gasteiger charge is 2.02. The first-order valence-electron chi connectivity index (χ1n) is 4.17. The minimum absolute atomic E-state index is 0.0256. The molecule has 0 fully saturated rings. The van der Waals surface area contributed by atoms with E-state index in [1.807, 2.05) is 0 Å². The van der Waals surface area contributed by atoms with E-state index in [9.17, 15) is 9.18 Å². The van der Waals surface area contributed by atoms with E-state index in [1.165, 1.54) is 18.2 Å². The third-order valence-electron chi connectivity index (χ3n) is 1.64. The van der Waals surface area contributed by atoms with Crippen LogP contribution < -0.4 is 10.5 Å². The van der Waals surface area contributed by atoms with Crippen molar-refractivity contribution < 1.29 is 13.5 Å². The highest BCUT2D eigenvalue weighted by atomic mass is 19.1. The van der Waals surface area contributed by atoms with Crippen LogP contribution in [0.25, 0.3) is 0 Å². The summed E-state index contributed by atoms with van der Waals surface area (Å²) >= 11 is 0. The van der Waals surface area contributed by atoms with E-state index < -0.39 is 11.6 Å². The molecule has 0 saturated heterocycles. The molecule has 0 bridgehead atoms. The van der Waals surface area contributed by atoms with Gasteiger partial charge >= 0.3 is 5.76 Å². The molecule has 0 atom stereocenters. The van der Waals surface area contributed by atoms with E-state index in [-0.39, 0.29) is 12.5 Å². The zero-order valence-electron chi connectivity index (χ0n) is 7.57. The standard InChI is InChI=1S/C9H7FN2O3/c10-6-2-1-3-7(4-6)14-5-8-11-12-9(13)15-8/h1-4H,5H2,(H,12,13). The molecule has 2 rings (SSSR count). The zero-order valence-corrected chi connectivity index (χ0v) is 7.57. The number of H-pyrrole nitrogens is 1. The Balaban J connectivity index is 2.02. The Bertz CT molecular complexity index is 506. The normalized spacial score (nSPS) is 10.2. The Morgan fingerprint density at radius 1 is 1.53 bits per heavy atom. The molecule has 0 spiro atoms. The smallest absolute Gasteiger partial charge is 0.434 e. The Morgan fingerprint density at radius 2 is 2.40 bits per heavy atom. The van der Waals surface area contributed by atoms with Crippen LogP contribution in [0.4, 0.5) is 4.39 Å². The van der Waals surface area contributed by atoms with Gasteiger partial charge in [0.2, 0.25) is 0 Å². The number of aromatic nitrogens is 2. The molecule has 15 heavy (non-hydrogen) atoms. The number of benzene rings is 1. The Kier molecular flexibility index (Phi) is 2.49. The van der Waals surface area contributed by atoms with Crippen molar-refractivity contribution in [2.75, 3.05) is 0 Å². The van der Waals surface area contributed by atoms with Gasteiger partial charge in [-0.15, -0.1) is 5.10 Å². The van der Waals surface area contributed by atoms with Crippen molar-refractivity contribution in [2.24, 2.45) is 0 Å². The van der Waals surface area contributed by atoms with E-state index in [1.54, 1.807) is 6.07 Å². The van der Waals surface area contributed by atoms with Gasteiger partial charge in [-0.3, -0.25) is 0 Å². The molecule has 1 aromatic heterocycles. The molecule has 78 valence electrons.